The van der Waals surface area contributed by atoms with Crippen molar-refractivity contribution in [3.05, 3.63) is 35.9 Å². The Balaban J connectivity index is 2.02. The van der Waals surface area contributed by atoms with Crippen LogP contribution in [0.1, 0.15) is 31.2 Å². The van der Waals surface area contributed by atoms with Gasteiger partial charge in [-0.05, 0) is 38.4 Å². The van der Waals surface area contributed by atoms with Gasteiger partial charge in [0.1, 0.15) is 0 Å². The fraction of sp³-hybridized carbons (Fsp3) is 0.625. The fourth-order valence-corrected chi connectivity index (χ4v) is 3.15. The third-order valence-corrected chi connectivity index (χ3v) is 4.17. The average Bonchev–Trinajstić information content (AvgIpc) is 2.47. The highest BCUT2D eigenvalue weighted by molar-refractivity contribution is 5.14. The molecule has 19 heavy (non-hydrogen) atoms. The molecule has 0 aromatic heterocycles. The summed E-state index contributed by atoms with van der Waals surface area (Å²) in [7, 11) is 2.01. The summed E-state index contributed by atoms with van der Waals surface area (Å²) in [4.78, 5) is 2.58. The van der Waals surface area contributed by atoms with Gasteiger partial charge in [0.25, 0.3) is 0 Å². The van der Waals surface area contributed by atoms with Crippen molar-refractivity contribution in [1.29, 1.82) is 0 Å². The van der Waals surface area contributed by atoms with Crippen molar-refractivity contribution in [1.82, 2.24) is 10.2 Å². The molecule has 1 aliphatic heterocycles. The van der Waals surface area contributed by atoms with Crippen LogP contribution in [0.2, 0.25) is 0 Å². The van der Waals surface area contributed by atoms with Crippen LogP contribution in [0.4, 0.5) is 0 Å². The van der Waals surface area contributed by atoms with E-state index < -0.39 is 0 Å². The van der Waals surface area contributed by atoms with Gasteiger partial charge in [-0.15, -0.1) is 0 Å². The van der Waals surface area contributed by atoms with E-state index in [1.807, 2.05) is 7.05 Å². The monoisotopic (exact) mass is 262 g/mol. The second kappa shape index (κ2) is 7.63. The van der Waals surface area contributed by atoms with E-state index in [2.05, 4.69) is 40.5 Å². The highest BCUT2D eigenvalue weighted by atomic mass is 16.3. The molecule has 3 heteroatoms. The Hall–Kier alpha value is -0.900. The second-order valence-electron chi connectivity index (χ2n) is 5.43. The zero-order chi connectivity index (χ0) is 13.5. The zero-order valence-corrected chi connectivity index (χ0v) is 11.9. The summed E-state index contributed by atoms with van der Waals surface area (Å²) < 4.78 is 0. The van der Waals surface area contributed by atoms with Crippen LogP contribution in [0.5, 0.6) is 0 Å². The van der Waals surface area contributed by atoms with E-state index in [9.17, 15) is 5.11 Å². The molecule has 0 bridgehead atoms. The van der Waals surface area contributed by atoms with Crippen molar-refractivity contribution >= 4 is 0 Å². The number of aliphatic hydroxyl groups is 1. The molecule has 106 valence electrons. The first-order valence-electron chi connectivity index (χ1n) is 7.41. The molecule has 1 fully saturated rings. The summed E-state index contributed by atoms with van der Waals surface area (Å²) in [5.74, 6) is 0. The van der Waals surface area contributed by atoms with Gasteiger partial charge in [-0.2, -0.15) is 0 Å². The molecule has 0 aliphatic carbocycles. The summed E-state index contributed by atoms with van der Waals surface area (Å²) >= 11 is 0. The van der Waals surface area contributed by atoms with Gasteiger partial charge in [-0.3, -0.25) is 4.90 Å². The Bertz CT molecular complexity index is 355. The Labute approximate surface area is 116 Å². The number of likely N-dealkylation sites (N-methyl/N-ethyl adjacent to an activating group) is 1. The number of nitrogens with zero attached hydrogens (tertiary/aromatic N) is 1. The van der Waals surface area contributed by atoms with Crippen LogP contribution in [0.3, 0.4) is 0 Å². The van der Waals surface area contributed by atoms with Crippen LogP contribution in [0, 0.1) is 0 Å². The third kappa shape index (κ3) is 4.03. The van der Waals surface area contributed by atoms with Crippen LogP contribution in [0.25, 0.3) is 0 Å². The molecule has 0 spiro atoms. The molecular formula is C16H26N2O. The SMILES string of the molecule is CN[C@@H](CCO)[C@@H]1CCCCN1Cc1ccccc1. The van der Waals surface area contributed by atoms with Crippen LogP contribution >= 0.6 is 0 Å². The lowest BCUT2D eigenvalue weighted by atomic mass is 9.93. The topological polar surface area (TPSA) is 35.5 Å². The van der Waals surface area contributed by atoms with Gasteiger partial charge in [0.15, 0.2) is 0 Å². The summed E-state index contributed by atoms with van der Waals surface area (Å²) in [6.07, 6.45) is 4.67. The zero-order valence-electron chi connectivity index (χ0n) is 11.9. The largest absolute Gasteiger partial charge is 0.396 e. The molecule has 2 rings (SSSR count). The second-order valence-corrected chi connectivity index (χ2v) is 5.43. The van der Waals surface area contributed by atoms with Crippen molar-refractivity contribution in [3.8, 4) is 0 Å². The van der Waals surface area contributed by atoms with E-state index in [4.69, 9.17) is 0 Å². The number of piperidine rings is 1. The maximum atomic E-state index is 9.22. The Morgan fingerprint density at radius 1 is 1.32 bits per heavy atom. The lowest BCUT2D eigenvalue weighted by molar-refractivity contribution is 0.0977. The number of likely N-dealkylation sites (tertiary alicyclic amines) is 1. The molecule has 0 amide bonds. The summed E-state index contributed by atoms with van der Waals surface area (Å²) in [5.41, 5.74) is 1.38. The highest BCUT2D eigenvalue weighted by Gasteiger charge is 2.28. The minimum absolute atomic E-state index is 0.265. The van der Waals surface area contributed by atoms with Gasteiger partial charge in [0.2, 0.25) is 0 Å². The van der Waals surface area contributed by atoms with Crippen molar-refractivity contribution in [3.63, 3.8) is 0 Å². The first kappa shape index (κ1) is 14.5. The number of benzene rings is 1. The van der Waals surface area contributed by atoms with E-state index in [-0.39, 0.29) is 6.61 Å². The summed E-state index contributed by atoms with van der Waals surface area (Å²) in [6, 6.07) is 11.6. The molecule has 1 saturated heterocycles. The lowest BCUT2D eigenvalue weighted by Crippen LogP contribution is -2.51. The van der Waals surface area contributed by atoms with Crippen molar-refractivity contribution < 1.29 is 5.11 Å². The third-order valence-electron chi connectivity index (χ3n) is 4.17. The molecule has 2 N–H and O–H groups in total. The summed E-state index contributed by atoms with van der Waals surface area (Å²) in [5, 5.41) is 12.6. The van der Waals surface area contributed by atoms with E-state index in [1.165, 1.54) is 31.4 Å². The Morgan fingerprint density at radius 3 is 2.79 bits per heavy atom. The minimum Gasteiger partial charge on any atom is -0.396 e. The maximum Gasteiger partial charge on any atom is 0.0446 e. The van der Waals surface area contributed by atoms with Crippen LogP contribution < -0.4 is 5.32 Å². The molecule has 0 saturated carbocycles. The van der Waals surface area contributed by atoms with E-state index in [0.717, 1.165) is 13.0 Å². The number of aliphatic hydroxyl groups excluding tert-OH is 1. The van der Waals surface area contributed by atoms with Crippen molar-refractivity contribution in [2.24, 2.45) is 0 Å². The number of hydrogen-bond acceptors (Lipinski definition) is 3. The molecule has 1 aliphatic rings. The molecule has 1 aromatic carbocycles. The Morgan fingerprint density at radius 2 is 2.11 bits per heavy atom. The number of nitrogens with one attached hydrogen (secondary N) is 1. The standard InChI is InChI=1S/C16H26N2O/c1-17-15(10-12-19)16-9-5-6-11-18(16)13-14-7-3-2-4-8-14/h2-4,7-8,15-17,19H,5-6,9-13H2,1H3/t15-,16-/m0/s1. The van der Waals surface area contributed by atoms with Gasteiger partial charge >= 0.3 is 0 Å². The lowest BCUT2D eigenvalue weighted by Gasteiger charge is -2.40. The molecule has 1 aromatic rings. The first-order chi connectivity index (χ1) is 9.35. The number of hydrogen-bond donors (Lipinski definition) is 2. The summed E-state index contributed by atoms with van der Waals surface area (Å²) in [6.45, 7) is 2.46. The van der Waals surface area contributed by atoms with Gasteiger partial charge < -0.3 is 10.4 Å². The van der Waals surface area contributed by atoms with Crippen molar-refractivity contribution in [2.45, 2.75) is 44.3 Å². The van der Waals surface area contributed by atoms with E-state index in [0.29, 0.717) is 12.1 Å². The van der Waals surface area contributed by atoms with Gasteiger partial charge in [0, 0.05) is 25.2 Å². The molecule has 0 unspecified atom stereocenters. The quantitative estimate of drug-likeness (QED) is 0.823. The molecule has 0 radical (unpaired) electrons. The first-order valence-corrected chi connectivity index (χ1v) is 7.41. The molecule has 2 atom stereocenters. The fourth-order valence-electron chi connectivity index (χ4n) is 3.15. The van der Waals surface area contributed by atoms with Crippen LogP contribution in [-0.4, -0.2) is 42.3 Å². The predicted molar refractivity (Wildman–Crippen MR) is 79.0 cm³/mol. The number of rotatable bonds is 6. The van der Waals surface area contributed by atoms with Crippen LogP contribution in [-0.2, 0) is 6.54 Å². The van der Waals surface area contributed by atoms with Crippen LogP contribution in [0.15, 0.2) is 30.3 Å². The normalized spacial score (nSPS) is 22.3. The smallest absolute Gasteiger partial charge is 0.0446 e. The predicted octanol–water partition coefficient (Wildman–Crippen LogP) is 2.01. The Kier molecular flexibility index (Phi) is 5.83. The molecular weight excluding hydrogens is 236 g/mol. The maximum absolute atomic E-state index is 9.22. The van der Waals surface area contributed by atoms with Gasteiger partial charge in [0.05, 0.1) is 0 Å². The van der Waals surface area contributed by atoms with Crippen molar-refractivity contribution in [2.75, 3.05) is 20.2 Å². The van der Waals surface area contributed by atoms with Gasteiger partial charge in [-0.1, -0.05) is 36.8 Å². The van der Waals surface area contributed by atoms with E-state index in [1.54, 1.807) is 0 Å². The molecule has 1 heterocycles. The average molecular weight is 262 g/mol. The minimum atomic E-state index is 0.265. The van der Waals surface area contributed by atoms with Gasteiger partial charge in [-0.25, -0.2) is 0 Å². The highest BCUT2D eigenvalue weighted by Crippen LogP contribution is 2.23. The van der Waals surface area contributed by atoms with E-state index >= 15 is 0 Å². The molecule has 3 nitrogen and oxygen atoms in total.